The smallest absolute Gasteiger partial charge is 0.334 e. The zero-order chi connectivity index (χ0) is 14.4. The Morgan fingerprint density at radius 3 is 2.68 bits per heavy atom. The number of carbonyl (C=O) groups excluding carboxylic acids is 1. The van der Waals surface area contributed by atoms with Crippen LogP contribution in [0.4, 0.5) is 14.9 Å². The minimum Gasteiger partial charge on any atom is -0.479 e. The largest absolute Gasteiger partial charge is 0.479 e. The van der Waals surface area contributed by atoms with Crippen LogP contribution in [0.15, 0.2) is 24.3 Å². The van der Waals surface area contributed by atoms with Gasteiger partial charge in [0.2, 0.25) is 0 Å². The van der Waals surface area contributed by atoms with E-state index in [2.05, 4.69) is 5.32 Å². The van der Waals surface area contributed by atoms with Crippen LogP contribution in [0.1, 0.15) is 6.92 Å². The highest BCUT2D eigenvalue weighted by Crippen LogP contribution is 2.15. The number of amides is 2. The molecule has 0 saturated carbocycles. The van der Waals surface area contributed by atoms with E-state index in [0.717, 1.165) is 0 Å². The minimum absolute atomic E-state index is 0.276. The standard InChI is InChI=1S/C12H15FN2O4/c1-2-15(9-5-3-4-8(13)6-9)12(19)14-7-10(16)11(17)18/h3-6,10,16H,2,7H2,1H3,(H,14,19)(H,17,18)/t10-/m0/s1. The molecule has 1 atom stereocenters. The van der Waals surface area contributed by atoms with Crippen LogP contribution in [-0.2, 0) is 4.79 Å². The summed E-state index contributed by atoms with van der Waals surface area (Å²) in [6, 6.07) is 4.86. The SMILES string of the molecule is CCN(C(=O)NC[C@H](O)C(=O)O)c1cccc(F)c1. The van der Waals surface area contributed by atoms with Gasteiger partial charge in [-0.05, 0) is 25.1 Å². The molecule has 0 aliphatic heterocycles. The highest BCUT2D eigenvalue weighted by atomic mass is 19.1. The molecule has 7 heteroatoms. The predicted molar refractivity (Wildman–Crippen MR) is 66.5 cm³/mol. The van der Waals surface area contributed by atoms with Gasteiger partial charge in [0.15, 0.2) is 6.10 Å². The lowest BCUT2D eigenvalue weighted by Gasteiger charge is -2.22. The molecule has 19 heavy (non-hydrogen) atoms. The fraction of sp³-hybridized carbons (Fsp3) is 0.333. The van der Waals surface area contributed by atoms with E-state index in [4.69, 9.17) is 10.2 Å². The molecule has 1 aromatic rings. The first-order valence-corrected chi connectivity index (χ1v) is 5.67. The maximum Gasteiger partial charge on any atom is 0.334 e. The Kier molecular flexibility index (Phi) is 5.25. The van der Waals surface area contributed by atoms with Crippen molar-refractivity contribution in [2.75, 3.05) is 18.0 Å². The Morgan fingerprint density at radius 1 is 1.47 bits per heavy atom. The van der Waals surface area contributed by atoms with E-state index in [9.17, 15) is 14.0 Å². The third kappa shape index (κ3) is 4.22. The van der Waals surface area contributed by atoms with Crippen molar-refractivity contribution in [3.8, 4) is 0 Å². The Hall–Kier alpha value is -2.15. The monoisotopic (exact) mass is 270 g/mol. The highest BCUT2D eigenvalue weighted by molar-refractivity contribution is 5.92. The van der Waals surface area contributed by atoms with E-state index < -0.39 is 30.5 Å². The number of carboxylic acids is 1. The van der Waals surface area contributed by atoms with Crippen molar-refractivity contribution in [3.05, 3.63) is 30.1 Å². The van der Waals surface area contributed by atoms with Gasteiger partial charge in [0.05, 0.1) is 6.54 Å². The second-order valence-corrected chi connectivity index (χ2v) is 3.76. The number of hydrogen-bond donors (Lipinski definition) is 3. The third-order valence-corrected chi connectivity index (χ3v) is 2.41. The lowest BCUT2D eigenvalue weighted by Crippen LogP contribution is -2.44. The second kappa shape index (κ2) is 6.69. The summed E-state index contributed by atoms with van der Waals surface area (Å²) in [7, 11) is 0. The first-order valence-electron chi connectivity index (χ1n) is 5.67. The molecule has 2 amide bonds. The molecular formula is C12H15FN2O4. The maximum atomic E-state index is 13.1. The molecule has 0 aliphatic rings. The number of hydrogen-bond acceptors (Lipinski definition) is 3. The van der Waals surface area contributed by atoms with E-state index in [1.807, 2.05) is 0 Å². The first-order chi connectivity index (χ1) is 8.95. The van der Waals surface area contributed by atoms with Gasteiger partial charge in [0.1, 0.15) is 5.82 Å². The Bertz CT molecular complexity index is 467. The zero-order valence-electron chi connectivity index (χ0n) is 10.3. The molecule has 0 saturated heterocycles. The fourth-order valence-corrected chi connectivity index (χ4v) is 1.45. The average molecular weight is 270 g/mol. The number of aliphatic carboxylic acids is 1. The molecule has 0 spiro atoms. The van der Waals surface area contributed by atoms with Gasteiger partial charge in [-0.25, -0.2) is 14.0 Å². The molecule has 104 valence electrons. The van der Waals surface area contributed by atoms with Crippen LogP contribution < -0.4 is 10.2 Å². The number of aliphatic hydroxyl groups excluding tert-OH is 1. The minimum atomic E-state index is -1.67. The van der Waals surface area contributed by atoms with Crippen LogP contribution in [0, 0.1) is 5.82 Å². The Morgan fingerprint density at radius 2 is 2.16 bits per heavy atom. The van der Waals surface area contributed by atoms with Gasteiger partial charge in [-0.15, -0.1) is 0 Å². The van der Waals surface area contributed by atoms with Crippen LogP contribution in [-0.4, -0.2) is 41.4 Å². The van der Waals surface area contributed by atoms with Crippen LogP contribution in [0.3, 0.4) is 0 Å². The van der Waals surface area contributed by atoms with E-state index in [0.29, 0.717) is 5.69 Å². The molecule has 0 aliphatic carbocycles. The summed E-state index contributed by atoms with van der Waals surface area (Å²) >= 11 is 0. The fourth-order valence-electron chi connectivity index (χ4n) is 1.45. The van der Waals surface area contributed by atoms with Crippen LogP contribution >= 0.6 is 0 Å². The predicted octanol–water partition coefficient (Wildman–Crippen LogP) is 0.807. The van der Waals surface area contributed by atoms with E-state index in [1.165, 1.54) is 23.1 Å². The number of urea groups is 1. The normalized spacial score (nSPS) is 11.7. The number of nitrogens with zero attached hydrogens (tertiary/aromatic N) is 1. The van der Waals surface area contributed by atoms with Crippen molar-refractivity contribution in [2.24, 2.45) is 0 Å². The molecule has 0 radical (unpaired) electrons. The summed E-state index contributed by atoms with van der Waals surface area (Å²) < 4.78 is 13.1. The van der Waals surface area contributed by atoms with E-state index in [-0.39, 0.29) is 6.54 Å². The van der Waals surface area contributed by atoms with E-state index >= 15 is 0 Å². The van der Waals surface area contributed by atoms with Gasteiger partial charge in [0, 0.05) is 12.2 Å². The molecule has 0 unspecified atom stereocenters. The molecule has 0 fully saturated rings. The van der Waals surface area contributed by atoms with Gasteiger partial charge in [0.25, 0.3) is 0 Å². The number of aliphatic hydroxyl groups is 1. The van der Waals surface area contributed by atoms with Gasteiger partial charge >= 0.3 is 12.0 Å². The molecule has 1 rings (SSSR count). The van der Waals surface area contributed by atoms with Crippen molar-refractivity contribution in [1.82, 2.24) is 5.32 Å². The third-order valence-electron chi connectivity index (χ3n) is 2.41. The molecule has 0 heterocycles. The first kappa shape index (κ1) is 14.9. The van der Waals surface area contributed by atoms with Crippen LogP contribution in [0.25, 0.3) is 0 Å². The Balaban J connectivity index is 2.70. The van der Waals surface area contributed by atoms with Gasteiger partial charge in [-0.2, -0.15) is 0 Å². The molecule has 1 aromatic carbocycles. The summed E-state index contributed by atoms with van der Waals surface area (Å²) in [5.74, 6) is -1.90. The van der Waals surface area contributed by atoms with Gasteiger partial charge in [-0.1, -0.05) is 6.07 Å². The summed E-state index contributed by atoms with van der Waals surface area (Å²) in [6.45, 7) is 1.55. The maximum absolute atomic E-state index is 13.1. The Labute approximate surface area is 109 Å². The number of halogens is 1. The van der Waals surface area contributed by atoms with Gasteiger partial charge in [-0.3, -0.25) is 4.90 Å². The summed E-state index contributed by atoms with van der Waals surface area (Å²) in [4.78, 5) is 23.4. The quantitative estimate of drug-likeness (QED) is 0.738. The number of anilines is 1. The van der Waals surface area contributed by atoms with E-state index in [1.54, 1.807) is 13.0 Å². The number of carboxylic acid groups (broad SMARTS) is 1. The number of rotatable bonds is 5. The van der Waals surface area contributed by atoms with Crippen molar-refractivity contribution < 1.29 is 24.2 Å². The molecular weight excluding hydrogens is 255 g/mol. The lowest BCUT2D eigenvalue weighted by atomic mass is 10.3. The van der Waals surface area contributed by atoms with Crippen molar-refractivity contribution in [1.29, 1.82) is 0 Å². The van der Waals surface area contributed by atoms with Crippen molar-refractivity contribution in [3.63, 3.8) is 0 Å². The summed E-state index contributed by atoms with van der Waals surface area (Å²) in [5, 5.41) is 19.8. The van der Waals surface area contributed by atoms with Crippen LogP contribution in [0.2, 0.25) is 0 Å². The second-order valence-electron chi connectivity index (χ2n) is 3.76. The molecule has 6 nitrogen and oxygen atoms in total. The zero-order valence-corrected chi connectivity index (χ0v) is 10.3. The van der Waals surface area contributed by atoms with Crippen molar-refractivity contribution in [2.45, 2.75) is 13.0 Å². The molecule has 0 aromatic heterocycles. The number of nitrogens with one attached hydrogen (secondary N) is 1. The molecule has 0 bridgehead atoms. The number of benzene rings is 1. The highest BCUT2D eigenvalue weighted by Gasteiger charge is 2.18. The summed E-state index contributed by atoms with van der Waals surface area (Å²) in [6.07, 6.45) is -1.67. The molecule has 3 N–H and O–H groups in total. The number of carbonyl (C=O) groups is 2. The van der Waals surface area contributed by atoms with Crippen LogP contribution in [0.5, 0.6) is 0 Å². The lowest BCUT2D eigenvalue weighted by molar-refractivity contribution is -0.146. The van der Waals surface area contributed by atoms with Crippen molar-refractivity contribution >= 4 is 17.7 Å². The average Bonchev–Trinajstić information content (AvgIpc) is 2.36. The topological polar surface area (TPSA) is 89.9 Å². The van der Waals surface area contributed by atoms with Gasteiger partial charge < -0.3 is 15.5 Å². The summed E-state index contributed by atoms with van der Waals surface area (Å²) in [5.41, 5.74) is 0.352.